The molecule has 1 fully saturated rings. The highest BCUT2D eigenvalue weighted by atomic mass is 19.3. The van der Waals surface area contributed by atoms with Gasteiger partial charge in [0.15, 0.2) is 17.3 Å². The fourth-order valence-corrected chi connectivity index (χ4v) is 4.19. The highest BCUT2D eigenvalue weighted by Crippen LogP contribution is 2.47. The van der Waals surface area contributed by atoms with E-state index in [1.807, 2.05) is 6.92 Å². The van der Waals surface area contributed by atoms with Crippen molar-refractivity contribution in [1.82, 2.24) is 34.6 Å². The molecule has 1 aliphatic carbocycles. The quantitative estimate of drug-likeness (QED) is 0.449. The first-order valence-electron chi connectivity index (χ1n) is 10.6. The summed E-state index contributed by atoms with van der Waals surface area (Å²) in [6.07, 6.45) is 1.52. The predicted octanol–water partition coefficient (Wildman–Crippen LogP) is 4.10. The van der Waals surface area contributed by atoms with E-state index in [9.17, 15) is 13.2 Å². The van der Waals surface area contributed by atoms with Crippen LogP contribution in [0.25, 0.3) is 17.0 Å². The van der Waals surface area contributed by atoms with Gasteiger partial charge >= 0.3 is 0 Å². The molecule has 1 aromatic carbocycles. The first-order chi connectivity index (χ1) is 15.8. The van der Waals surface area contributed by atoms with Crippen LogP contribution in [-0.2, 0) is 19.1 Å². The second-order valence-corrected chi connectivity index (χ2v) is 8.64. The molecule has 33 heavy (non-hydrogen) atoms. The van der Waals surface area contributed by atoms with Crippen molar-refractivity contribution in [3.8, 4) is 17.3 Å². The van der Waals surface area contributed by atoms with E-state index in [2.05, 4.69) is 25.4 Å². The number of aromatic nitrogens is 7. The zero-order valence-corrected chi connectivity index (χ0v) is 18.2. The van der Waals surface area contributed by atoms with Crippen molar-refractivity contribution in [2.24, 2.45) is 7.05 Å². The molecule has 0 aliphatic heterocycles. The number of hydrogen-bond donors (Lipinski definition) is 0. The van der Waals surface area contributed by atoms with Crippen molar-refractivity contribution in [2.75, 3.05) is 0 Å². The Labute approximate surface area is 187 Å². The minimum Gasteiger partial charge on any atom is -0.468 e. The maximum absolute atomic E-state index is 14.4. The zero-order chi connectivity index (χ0) is 23.2. The Morgan fingerprint density at radius 1 is 1.09 bits per heavy atom. The van der Waals surface area contributed by atoms with Crippen LogP contribution in [0.2, 0.25) is 0 Å². The maximum Gasteiger partial charge on any atom is 0.248 e. The molecule has 1 saturated carbocycles. The molecule has 0 radical (unpaired) electrons. The number of hydrogen-bond acceptors (Lipinski definition) is 6. The largest absolute Gasteiger partial charge is 0.468 e. The van der Waals surface area contributed by atoms with Crippen LogP contribution in [0.4, 0.5) is 13.2 Å². The van der Waals surface area contributed by atoms with Gasteiger partial charge in [-0.1, -0.05) is 19.1 Å². The van der Waals surface area contributed by atoms with E-state index in [0.29, 0.717) is 17.0 Å². The number of benzene rings is 1. The summed E-state index contributed by atoms with van der Waals surface area (Å²) in [4.78, 5) is 4.16. The smallest absolute Gasteiger partial charge is 0.248 e. The van der Waals surface area contributed by atoms with Gasteiger partial charge in [-0.05, 0) is 36.5 Å². The van der Waals surface area contributed by atoms with Crippen LogP contribution in [0, 0.1) is 5.82 Å². The van der Waals surface area contributed by atoms with Crippen LogP contribution in [0.5, 0.6) is 5.88 Å². The van der Waals surface area contributed by atoms with Gasteiger partial charge in [0.2, 0.25) is 11.8 Å². The summed E-state index contributed by atoms with van der Waals surface area (Å²) in [6, 6.07) is 7.95. The van der Waals surface area contributed by atoms with Gasteiger partial charge in [0.1, 0.15) is 18.8 Å². The van der Waals surface area contributed by atoms with E-state index in [1.54, 1.807) is 36.0 Å². The standard InChI is InChI=1S/C22H22F3N7O/c1-21(7-9-22(24,25)10-8-21)15-11-17-28-29-19(14-5-3-4-6-16(14)23)32(17)30-20(15)33-12-18-26-13-27-31(18)2/h3-6,11,13H,7-10,12H2,1-2H3. The number of halogens is 3. The van der Waals surface area contributed by atoms with Crippen molar-refractivity contribution in [1.29, 1.82) is 0 Å². The van der Waals surface area contributed by atoms with E-state index in [1.165, 1.54) is 16.9 Å². The molecule has 8 nitrogen and oxygen atoms in total. The second kappa shape index (κ2) is 7.82. The lowest BCUT2D eigenvalue weighted by Crippen LogP contribution is -2.35. The molecule has 1 aliphatic rings. The molecular weight excluding hydrogens is 435 g/mol. The first-order valence-corrected chi connectivity index (χ1v) is 10.6. The lowest BCUT2D eigenvalue weighted by Gasteiger charge is -2.38. The van der Waals surface area contributed by atoms with E-state index < -0.39 is 17.2 Å². The molecule has 0 atom stereocenters. The van der Waals surface area contributed by atoms with E-state index in [-0.39, 0.29) is 49.6 Å². The maximum atomic E-state index is 14.4. The summed E-state index contributed by atoms with van der Waals surface area (Å²) in [5.74, 6) is -2.10. The lowest BCUT2D eigenvalue weighted by molar-refractivity contribution is -0.0501. The van der Waals surface area contributed by atoms with Gasteiger partial charge in [-0.15, -0.1) is 15.3 Å². The topological polar surface area (TPSA) is 83.0 Å². The Bertz CT molecular complexity index is 1310. The Morgan fingerprint density at radius 3 is 2.55 bits per heavy atom. The van der Waals surface area contributed by atoms with Crippen molar-refractivity contribution in [3.05, 3.63) is 53.9 Å². The normalized spacial score (nSPS) is 17.4. The third kappa shape index (κ3) is 3.91. The molecule has 0 saturated heterocycles. The summed E-state index contributed by atoms with van der Waals surface area (Å²) in [7, 11) is 1.74. The Kier molecular flexibility index (Phi) is 5.06. The number of rotatable bonds is 5. The Hall–Kier alpha value is -3.50. The molecule has 5 rings (SSSR count). The van der Waals surface area contributed by atoms with Crippen LogP contribution < -0.4 is 4.74 Å². The van der Waals surface area contributed by atoms with E-state index in [0.717, 1.165) is 0 Å². The third-order valence-corrected chi connectivity index (χ3v) is 6.35. The minimum atomic E-state index is -2.68. The average molecular weight is 457 g/mol. The van der Waals surface area contributed by atoms with Crippen LogP contribution in [0.1, 0.15) is 44.0 Å². The molecule has 0 amide bonds. The van der Waals surface area contributed by atoms with E-state index in [4.69, 9.17) is 4.74 Å². The van der Waals surface area contributed by atoms with Crippen LogP contribution in [-0.4, -0.2) is 40.5 Å². The van der Waals surface area contributed by atoms with Crippen LogP contribution in [0.3, 0.4) is 0 Å². The molecular formula is C22H22F3N7O. The average Bonchev–Trinajstić information content (AvgIpc) is 3.40. The second-order valence-electron chi connectivity index (χ2n) is 8.64. The zero-order valence-electron chi connectivity index (χ0n) is 18.2. The lowest BCUT2D eigenvalue weighted by atomic mass is 9.70. The van der Waals surface area contributed by atoms with Crippen molar-refractivity contribution < 1.29 is 17.9 Å². The fourth-order valence-electron chi connectivity index (χ4n) is 4.19. The van der Waals surface area contributed by atoms with E-state index >= 15 is 0 Å². The molecule has 172 valence electrons. The van der Waals surface area contributed by atoms with Gasteiger partial charge in [-0.2, -0.15) is 9.61 Å². The molecule has 11 heteroatoms. The number of alkyl halides is 2. The summed E-state index contributed by atoms with van der Waals surface area (Å²) < 4.78 is 51.3. The Balaban J connectivity index is 1.60. The molecule has 4 aromatic rings. The van der Waals surface area contributed by atoms with Gasteiger partial charge in [0, 0.05) is 25.5 Å². The van der Waals surface area contributed by atoms with Gasteiger partial charge < -0.3 is 4.74 Å². The van der Waals surface area contributed by atoms with Gasteiger partial charge in [-0.25, -0.2) is 18.2 Å². The summed E-state index contributed by atoms with van der Waals surface area (Å²) in [6.45, 7) is 2.00. The summed E-state index contributed by atoms with van der Waals surface area (Å²) >= 11 is 0. The number of fused-ring (bicyclic) bond motifs is 1. The molecule has 0 unspecified atom stereocenters. The summed E-state index contributed by atoms with van der Waals surface area (Å²) in [5.41, 5.74) is 0.705. The highest BCUT2D eigenvalue weighted by Gasteiger charge is 2.43. The van der Waals surface area contributed by atoms with Crippen molar-refractivity contribution in [2.45, 2.75) is 50.6 Å². The minimum absolute atomic E-state index is 0.0748. The number of aryl methyl sites for hydroxylation is 1. The third-order valence-electron chi connectivity index (χ3n) is 6.35. The van der Waals surface area contributed by atoms with Gasteiger partial charge in [-0.3, -0.25) is 4.68 Å². The van der Waals surface area contributed by atoms with Gasteiger partial charge in [0.25, 0.3) is 0 Å². The predicted molar refractivity (Wildman–Crippen MR) is 112 cm³/mol. The number of nitrogens with zero attached hydrogens (tertiary/aromatic N) is 7. The summed E-state index contributed by atoms with van der Waals surface area (Å²) in [5, 5.41) is 16.9. The Morgan fingerprint density at radius 2 is 1.85 bits per heavy atom. The van der Waals surface area contributed by atoms with Crippen molar-refractivity contribution in [3.63, 3.8) is 0 Å². The van der Waals surface area contributed by atoms with Crippen molar-refractivity contribution >= 4 is 5.65 Å². The SMILES string of the molecule is Cn1ncnc1COc1nn2c(-c3ccccc3F)nnc2cc1C1(C)CCC(F)(F)CC1. The molecule has 0 bridgehead atoms. The fraction of sp³-hybridized carbons (Fsp3) is 0.409. The molecule has 3 heterocycles. The monoisotopic (exact) mass is 457 g/mol. The number of ether oxygens (including phenoxy) is 1. The van der Waals surface area contributed by atoms with Crippen LogP contribution in [0.15, 0.2) is 36.7 Å². The van der Waals surface area contributed by atoms with Gasteiger partial charge in [0.05, 0.1) is 5.56 Å². The first kappa shape index (κ1) is 21.4. The highest BCUT2D eigenvalue weighted by molar-refractivity contribution is 5.60. The molecule has 3 aromatic heterocycles. The molecule has 0 N–H and O–H groups in total. The van der Waals surface area contributed by atoms with Crippen LogP contribution >= 0.6 is 0 Å². The molecule has 0 spiro atoms.